The van der Waals surface area contributed by atoms with Gasteiger partial charge in [0, 0.05) is 10.4 Å². The first-order valence-corrected chi connectivity index (χ1v) is 8.98. The molecule has 0 fully saturated rings. The first-order valence-electron chi connectivity index (χ1n) is 7.81. The lowest BCUT2D eigenvalue weighted by Crippen LogP contribution is -2.30. The van der Waals surface area contributed by atoms with Crippen LogP contribution < -0.4 is 5.32 Å². The normalized spacial score (nSPS) is 24.2. The van der Waals surface area contributed by atoms with Gasteiger partial charge >= 0.3 is 5.97 Å². The van der Waals surface area contributed by atoms with Crippen LogP contribution in [0.3, 0.4) is 0 Å². The summed E-state index contributed by atoms with van der Waals surface area (Å²) in [6, 6.07) is 11.5. The monoisotopic (exact) mass is 403 g/mol. The van der Waals surface area contributed by atoms with E-state index in [0.29, 0.717) is 10.6 Å². The Kier molecular flexibility index (Phi) is 3.89. The maximum atomic E-state index is 11.7. The summed E-state index contributed by atoms with van der Waals surface area (Å²) in [7, 11) is 0. The molecule has 0 bridgehead atoms. The number of rotatable bonds is 2. The largest absolute Gasteiger partial charge is 0.478 e. The molecule has 3 atom stereocenters. The maximum absolute atomic E-state index is 11.7. The average Bonchev–Trinajstić information content (AvgIpc) is 3.05. The van der Waals surface area contributed by atoms with Crippen LogP contribution in [0.15, 0.2) is 53.0 Å². The second kappa shape index (κ2) is 5.94. The SMILES string of the molecule is O=C(O)c1ccc(Cl)c2c1C1C=CCC1C(c1ccccc1Br)N2. The second-order valence-electron chi connectivity index (χ2n) is 6.19. The molecule has 4 rings (SSSR count). The van der Waals surface area contributed by atoms with Crippen molar-refractivity contribution in [2.24, 2.45) is 5.92 Å². The highest BCUT2D eigenvalue weighted by Gasteiger charge is 2.41. The Balaban J connectivity index is 1.90. The minimum absolute atomic E-state index is 0.0585. The van der Waals surface area contributed by atoms with Crippen LogP contribution >= 0.6 is 27.5 Å². The van der Waals surface area contributed by atoms with Gasteiger partial charge in [-0.05, 0) is 41.7 Å². The van der Waals surface area contributed by atoms with Gasteiger partial charge in [-0.25, -0.2) is 4.79 Å². The van der Waals surface area contributed by atoms with Crippen LogP contribution in [0.4, 0.5) is 5.69 Å². The van der Waals surface area contributed by atoms with Crippen molar-refractivity contribution in [1.82, 2.24) is 0 Å². The Morgan fingerprint density at radius 2 is 2.04 bits per heavy atom. The third-order valence-corrected chi connectivity index (χ3v) is 5.98. The van der Waals surface area contributed by atoms with Crippen molar-refractivity contribution >= 4 is 39.2 Å². The molecule has 0 saturated heterocycles. The van der Waals surface area contributed by atoms with Gasteiger partial charge in [-0.15, -0.1) is 0 Å². The Morgan fingerprint density at radius 3 is 2.79 bits per heavy atom. The molecule has 0 aromatic heterocycles. The van der Waals surface area contributed by atoms with Crippen molar-refractivity contribution in [1.29, 1.82) is 0 Å². The predicted octanol–water partition coefficient (Wildman–Crippen LogP) is 5.63. The molecule has 5 heteroatoms. The Bertz CT molecular complexity index is 864. The van der Waals surface area contributed by atoms with Gasteiger partial charge in [0.1, 0.15) is 0 Å². The van der Waals surface area contributed by atoms with Crippen LogP contribution in [-0.4, -0.2) is 11.1 Å². The van der Waals surface area contributed by atoms with E-state index in [0.717, 1.165) is 22.1 Å². The van der Waals surface area contributed by atoms with Crippen LogP contribution in [0.25, 0.3) is 0 Å². The second-order valence-corrected chi connectivity index (χ2v) is 7.45. The first kappa shape index (κ1) is 15.7. The van der Waals surface area contributed by atoms with Crippen LogP contribution in [0.2, 0.25) is 5.02 Å². The van der Waals surface area contributed by atoms with E-state index >= 15 is 0 Å². The summed E-state index contributed by atoms with van der Waals surface area (Å²) >= 11 is 10.0. The van der Waals surface area contributed by atoms with Crippen LogP contribution in [0, 0.1) is 5.92 Å². The number of halogens is 2. The average molecular weight is 405 g/mol. The molecule has 3 nitrogen and oxygen atoms in total. The number of carboxylic acid groups (broad SMARTS) is 1. The molecular weight excluding hydrogens is 390 g/mol. The van der Waals surface area contributed by atoms with E-state index in [-0.39, 0.29) is 17.9 Å². The molecule has 2 aromatic rings. The zero-order valence-electron chi connectivity index (χ0n) is 12.7. The minimum Gasteiger partial charge on any atom is -0.478 e. The number of anilines is 1. The van der Waals surface area contributed by atoms with E-state index in [1.807, 2.05) is 18.2 Å². The number of benzene rings is 2. The number of hydrogen-bond acceptors (Lipinski definition) is 2. The molecule has 24 heavy (non-hydrogen) atoms. The van der Waals surface area contributed by atoms with Crippen LogP contribution in [-0.2, 0) is 0 Å². The van der Waals surface area contributed by atoms with Gasteiger partial charge in [0.05, 0.1) is 22.3 Å². The van der Waals surface area contributed by atoms with Crippen molar-refractivity contribution < 1.29 is 9.90 Å². The van der Waals surface area contributed by atoms with Crippen molar-refractivity contribution in [3.05, 3.63) is 74.7 Å². The van der Waals surface area contributed by atoms with Crippen molar-refractivity contribution in [3.63, 3.8) is 0 Å². The van der Waals surface area contributed by atoms with E-state index in [9.17, 15) is 9.90 Å². The predicted molar refractivity (Wildman–Crippen MR) is 98.9 cm³/mol. The van der Waals surface area contributed by atoms with Gasteiger partial charge in [0.2, 0.25) is 0 Å². The summed E-state index contributed by atoms with van der Waals surface area (Å²) in [4.78, 5) is 11.7. The molecule has 0 spiro atoms. The lowest BCUT2D eigenvalue weighted by atomic mass is 9.75. The number of carboxylic acids is 1. The number of hydrogen-bond donors (Lipinski definition) is 2. The summed E-state index contributed by atoms with van der Waals surface area (Å²) in [6.45, 7) is 0. The van der Waals surface area contributed by atoms with Gasteiger partial charge in [-0.2, -0.15) is 0 Å². The molecule has 2 aromatic carbocycles. The fraction of sp³-hybridized carbons (Fsp3) is 0.211. The number of aromatic carboxylic acids is 1. The van der Waals surface area contributed by atoms with Gasteiger partial charge in [-0.1, -0.05) is 57.9 Å². The summed E-state index contributed by atoms with van der Waals surface area (Å²) in [5, 5.41) is 13.7. The zero-order valence-corrected chi connectivity index (χ0v) is 15.0. The maximum Gasteiger partial charge on any atom is 0.336 e. The lowest BCUT2D eigenvalue weighted by molar-refractivity contribution is 0.0695. The highest BCUT2D eigenvalue weighted by Crippen LogP contribution is 2.53. The summed E-state index contributed by atoms with van der Waals surface area (Å²) in [5.41, 5.74) is 3.04. The standard InChI is InChI=1S/C19H15BrClNO2/c20-14-7-2-1-4-12(14)17-11-6-3-5-10(11)16-13(19(23)24)8-9-15(21)18(16)22-17/h1-5,7-11,17,22H,6H2,(H,23,24). The Labute approximate surface area is 153 Å². The highest BCUT2D eigenvalue weighted by molar-refractivity contribution is 9.10. The molecular formula is C19H15BrClNO2. The third kappa shape index (κ3) is 2.36. The molecule has 2 aliphatic rings. The van der Waals surface area contributed by atoms with Gasteiger partial charge < -0.3 is 10.4 Å². The molecule has 2 N–H and O–H groups in total. The molecule has 122 valence electrons. The quantitative estimate of drug-likeness (QED) is 0.638. The van der Waals surface area contributed by atoms with E-state index in [1.165, 1.54) is 5.56 Å². The fourth-order valence-corrected chi connectivity index (χ4v) is 4.65. The number of fused-ring (bicyclic) bond motifs is 3. The van der Waals surface area contributed by atoms with Crippen molar-refractivity contribution in [2.45, 2.75) is 18.4 Å². The van der Waals surface area contributed by atoms with Crippen molar-refractivity contribution in [2.75, 3.05) is 5.32 Å². The molecule has 1 aliphatic heterocycles. The van der Waals surface area contributed by atoms with Gasteiger partial charge in [0.25, 0.3) is 0 Å². The fourth-order valence-electron chi connectivity index (χ4n) is 3.90. The molecule has 3 unspecified atom stereocenters. The summed E-state index contributed by atoms with van der Waals surface area (Å²) in [5.74, 6) is -0.584. The molecule has 0 amide bonds. The summed E-state index contributed by atoms with van der Waals surface area (Å²) < 4.78 is 1.04. The van der Waals surface area contributed by atoms with Crippen LogP contribution in [0.1, 0.15) is 39.9 Å². The molecule has 0 radical (unpaired) electrons. The Hall–Kier alpha value is -1.78. The number of nitrogens with one attached hydrogen (secondary N) is 1. The first-order chi connectivity index (χ1) is 11.6. The number of carbonyl (C=O) groups is 1. The van der Waals surface area contributed by atoms with E-state index in [4.69, 9.17) is 11.6 Å². The molecule has 0 saturated carbocycles. The van der Waals surface area contributed by atoms with Gasteiger partial charge in [0.15, 0.2) is 0 Å². The summed E-state index contributed by atoms with van der Waals surface area (Å²) in [6.07, 6.45) is 5.17. The Morgan fingerprint density at radius 1 is 1.25 bits per heavy atom. The molecule has 1 aliphatic carbocycles. The van der Waals surface area contributed by atoms with E-state index < -0.39 is 5.97 Å². The van der Waals surface area contributed by atoms with Gasteiger partial charge in [-0.3, -0.25) is 0 Å². The minimum atomic E-state index is -0.914. The van der Waals surface area contributed by atoms with E-state index in [2.05, 4.69) is 39.5 Å². The van der Waals surface area contributed by atoms with E-state index in [1.54, 1.807) is 12.1 Å². The molecule has 1 heterocycles. The van der Waals surface area contributed by atoms with Crippen LogP contribution in [0.5, 0.6) is 0 Å². The zero-order chi connectivity index (χ0) is 16.8. The topological polar surface area (TPSA) is 49.3 Å². The number of allylic oxidation sites excluding steroid dienone is 2. The lowest BCUT2D eigenvalue weighted by Gasteiger charge is -2.39. The third-order valence-electron chi connectivity index (χ3n) is 4.94. The smallest absolute Gasteiger partial charge is 0.336 e. The highest BCUT2D eigenvalue weighted by atomic mass is 79.9. The van der Waals surface area contributed by atoms with Crippen molar-refractivity contribution in [3.8, 4) is 0 Å².